The quantitative estimate of drug-likeness (QED) is 0.758. The molecule has 0 aromatic rings. The van der Waals surface area contributed by atoms with Crippen LogP contribution >= 0.6 is 0 Å². The summed E-state index contributed by atoms with van der Waals surface area (Å²) in [6.07, 6.45) is 12.1. The van der Waals surface area contributed by atoms with E-state index < -0.39 is 0 Å². The Bertz CT molecular complexity index is 215. The van der Waals surface area contributed by atoms with Crippen LogP contribution in [-0.4, -0.2) is 25.0 Å². The van der Waals surface area contributed by atoms with Crippen LogP contribution in [0.4, 0.5) is 0 Å². The maximum atomic E-state index is 12.1. The molecule has 1 heterocycles. The van der Waals surface area contributed by atoms with E-state index in [4.69, 9.17) is 0 Å². The fraction of sp³-hybridized carbons (Fsp3) is 0.933. The fourth-order valence-electron chi connectivity index (χ4n) is 3.28. The summed E-state index contributed by atoms with van der Waals surface area (Å²) < 4.78 is 0. The summed E-state index contributed by atoms with van der Waals surface area (Å²) in [4.78, 5) is 12.1. The van der Waals surface area contributed by atoms with E-state index in [1.807, 2.05) is 0 Å². The molecular weight excluding hydrogens is 224 g/mol. The smallest absolute Gasteiger partial charge is 0.220 e. The normalized spacial score (nSPS) is 27.2. The van der Waals surface area contributed by atoms with E-state index in [1.54, 1.807) is 0 Å². The first-order valence-corrected chi connectivity index (χ1v) is 7.84. The Morgan fingerprint density at radius 3 is 2.50 bits per heavy atom. The Labute approximate surface area is 111 Å². The molecule has 1 saturated heterocycles. The highest BCUT2D eigenvalue weighted by molar-refractivity contribution is 5.76. The molecule has 0 radical (unpaired) electrons. The largest absolute Gasteiger partial charge is 0.353 e. The Morgan fingerprint density at radius 2 is 1.72 bits per heavy atom. The summed E-state index contributed by atoms with van der Waals surface area (Å²) in [6, 6.07) is 0.415. The Hall–Kier alpha value is -0.570. The van der Waals surface area contributed by atoms with Gasteiger partial charge in [-0.25, -0.2) is 0 Å². The third kappa shape index (κ3) is 4.97. The third-order valence-electron chi connectivity index (χ3n) is 4.39. The third-order valence-corrected chi connectivity index (χ3v) is 4.39. The highest BCUT2D eigenvalue weighted by Crippen LogP contribution is 2.25. The average molecular weight is 252 g/mol. The van der Waals surface area contributed by atoms with Gasteiger partial charge in [0.2, 0.25) is 5.91 Å². The van der Waals surface area contributed by atoms with E-state index in [0.29, 0.717) is 17.9 Å². The van der Waals surface area contributed by atoms with Gasteiger partial charge in [-0.2, -0.15) is 0 Å². The van der Waals surface area contributed by atoms with Crippen LogP contribution in [0.15, 0.2) is 0 Å². The molecule has 2 aliphatic rings. The summed E-state index contributed by atoms with van der Waals surface area (Å²) in [7, 11) is 0. The van der Waals surface area contributed by atoms with Gasteiger partial charge in [0, 0.05) is 12.5 Å². The molecule has 104 valence electrons. The predicted molar refractivity (Wildman–Crippen MR) is 74.5 cm³/mol. The van der Waals surface area contributed by atoms with Crippen LogP contribution in [0, 0.1) is 5.92 Å². The Kier molecular flexibility index (Phi) is 5.98. The van der Waals surface area contributed by atoms with E-state index in [2.05, 4.69) is 10.6 Å². The van der Waals surface area contributed by atoms with Crippen molar-refractivity contribution < 1.29 is 4.79 Å². The second-order valence-electron chi connectivity index (χ2n) is 6.01. The molecule has 1 aliphatic heterocycles. The van der Waals surface area contributed by atoms with E-state index in [1.165, 1.54) is 44.9 Å². The molecule has 3 nitrogen and oxygen atoms in total. The number of nitrogens with one attached hydrogen (secondary N) is 2. The number of carbonyl (C=O) groups is 1. The van der Waals surface area contributed by atoms with E-state index in [0.717, 1.165) is 32.4 Å². The Balaban J connectivity index is 1.69. The number of hydrogen-bond donors (Lipinski definition) is 2. The van der Waals surface area contributed by atoms with Crippen molar-refractivity contribution in [2.75, 3.05) is 13.1 Å². The molecule has 2 fully saturated rings. The van der Waals surface area contributed by atoms with Crippen molar-refractivity contribution >= 4 is 5.91 Å². The first-order valence-electron chi connectivity index (χ1n) is 7.84. The molecule has 1 amide bonds. The molecule has 2 N–H and O–H groups in total. The van der Waals surface area contributed by atoms with Crippen molar-refractivity contribution in [3.05, 3.63) is 0 Å². The monoisotopic (exact) mass is 252 g/mol. The number of carbonyl (C=O) groups excluding carboxylic acids is 1. The molecule has 0 aromatic carbocycles. The van der Waals surface area contributed by atoms with Crippen molar-refractivity contribution in [3.8, 4) is 0 Å². The zero-order chi connectivity index (χ0) is 12.6. The van der Waals surface area contributed by atoms with Gasteiger partial charge in [0.25, 0.3) is 0 Å². The second-order valence-corrected chi connectivity index (χ2v) is 6.01. The van der Waals surface area contributed by atoms with Crippen LogP contribution < -0.4 is 10.6 Å². The van der Waals surface area contributed by atoms with Crippen LogP contribution in [-0.2, 0) is 4.79 Å². The number of amides is 1. The molecule has 18 heavy (non-hydrogen) atoms. The van der Waals surface area contributed by atoms with Crippen molar-refractivity contribution in [3.63, 3.8) is 0 Å². The minimum atomic E-state index is 0.300. The molecule has 1 aliphatic carbocycles. The summed E-state index contributed by atoms with van der Waals surface area (Å²) in [5.74, 6) is 0.949. The van der Waals surface area contributed by atoms with Gasteiger partial charge < -0.3 is 10.6 Å². The van der Waals surface area contributed by atoms with Gasteiger partial charge in [-0.05, 0) is 51.1 Å². The van der Waals surface area contributed by atoms with Crippen molar-refractivity contribution in [2.24, 2.45) is 5.92 Å². The summed E-state index contributed by atoms with van der Waals surface area (Å²) >= 11 is 0. The van der Waals surface area contributed by atoms with Crippen LogP contribution in [0.1, 0.15) is 64.2 Å². The first-order chi connectivity index (χ1) is 8.84. The molecule has 1 saturated carbocycles. The van der Waals surface area contributed by atoms with Gasteiger partial charge in [-0.1, -0.05) is 25.7 Å². The van der Waals surface area contributed by atoms with Gasteiger partial charge in [0.05, 0.1) is 0 Å². The molecule has 3 heteroatoms. The summed E-state index contributed by atoms with van der Waals surface area (Å²) in [6.45, 7) is 2.16. The maximum Gasteiger partial charge on any atom is 0.220 e. The Morgan fingerprint density at radius 1 is 0.944 bits per heavy atom. The van der Waals surface area contributed by atoms with Gasteiger partial charge in [-0.3, -0.25) is 4.79 Å². The van der Waals surface area contributed by atoms with Gasteiger partial charge in [0.15, 0.2) is 0 Å². The molecule has 2 rings (SSSR count). The van der Waals surface area contributed by atoms with Crippen LogP contribution in [0.3, 0.4) is 0 Å². The SMILES string of the molecule is O=C(CC1CCCCCC1)NC1CCCNCC1. The number of rotatable bonds is 3. The lowest BCUT2D eigenvalue weighted by Gasteiger charge is -2.19. The molecule has 0 bridgehead atoms. The van der Waals surface area contributed by atoms with Crippen LogP contribution in [0.25, 0.3) is 0 Å². The summed E-state index contributed by atoms with van der Waals surface area (Å²) in [5, 5.41) is 6.64. The standard InChI is InChI=1S/C15H28N2O/c18-15(12-13-6-3-1-2-4-7-13)17-14-8-5-10-16-11-9-14/h13-14,16H,1-12H2,(H,17,18). The maximum absolute atomic E-state index is 12.1. The minimum Gasteiger partial charge on any atom is -0.353 e. The van der Waals surface area contributed by atoms with Crippen molar-refractivity contribution in [1.29, 1.82) is 0 Å². The van der Waals surface area contributed by atoms with E-state index in [-0.39, 0.29) is 0 Å². The minimum absolute atomic E-state index is 0.300. The lowest BCUT2D eigenvalue weighted by molar-refractivity contribution is -0.122. The van der Waals surface area contributed by atoms with Crippen LogP contribution in [0.2, 0.25) is 0 Å². The highest BCUT2D eigenvalue weighted by atomic mass is 16.1. The topological polar surface area (TPSA) is 41.1 Å². The molecular formula is C15H28N2O. The molecule has 0 aromatic heterocycles. The lowest BCUT2D eigenvalue weighted by atomic mass is 9.96. The van der Waals surface area contributed by atoms with Crippen molar-refractivity contribution in [2.45, 2.75) is 70.3 Å². The van der Waals surface area contributed by atoms with Crippen molar-refractivity contribution in [1.82, 2.24) is 10.6 Å². The van der Waals surface area contributed by atoms with E-state index >= 15 is 0 Å². The molecule has 1 atom stereocenters. The van der Waals surface area contributed by atoms with Crippen LogP contribution in [0.5, 0.6) is 0 Å². The zero-order valence-electron chi connectivity index (χ0n) is 11.5. The summed E-state index contributed by atoms with van der Waals surface area (Å²) in [5.41, 5.74) is 0. The van der Waals surface area contributed by atoms with Gasteiger partial charge in [0.1, 0.15) is 0 Å². The number of hydrogen-bond acceptors (Lipinski definition) is 2. The van der Waals surface area contributed by atoms with Gasteiger partial charge in [-0.15, -0.1) is 0 Å². The van der Waals surface area contributed by atoms with E-state index in [9.17, 15) is 4.79 Å². The first kappa shape index (κ1) is 13.9. The average Bonchev–Trinajstić information content (AvgIpc) is 2.74. The zero-order valence-corrected chi connectivity index (χ0v) is 11.5. The molecule has 0 spiro atoms. The van der Waals surface area contributed by atoms with Gasteiger partial charge >= 0.3 is 0 Å². The fourth-order valence-corrected chi connectivity index (χ4v) is 3.28. The second kappa shape index (κ2) is 7.78. The highest BCUT2D eigenvalue weighted by Gasteiger charge is 2.19. The molecule has 1 unspecified atom stereocenters. The lowest BCUT2D eigenvalue weighted by Crippen LogP contribution is -2.36. The predicted octanol–water partition coefficient (Wildman–Crippen LogP) is 2.61.